The summed E-state index contributed by atoms with van der Waals surface area (Å²) in [7, 11) is 0. The van der Waals surface area contributed by atoms with E-state index >= 15 is 0 Å². The maximum Gasteiger partial charge on any atom is 0.407 e. The first-order chi connectivity index (χ1) is 11.9. The van der Waals surface area contributed by atoms with Crippen molar-refractivity contribution in [2.45, 2.75) is 58.0 Å². The smallest absolute Gasteiger partial charge is 0.407 e. The quantitative estimate of drug-likeness (QED) is 0.648. The lowest BCUT2D eigenvalue weighted by Gasteiger charge is -2.34. The van der Waals surface area contributed by atoms with Gasteiger partial charge in [0.2, 0.25) is 0 Å². The normalized spacial score (nSPS) is 22.6. The average molecular weight is 349 g/mol. The van der Waals surface area contributed by atoms with Gasteiger partial charge in [0.25, 0.3) is 0 Å². The first kappa shape index (κ1) is 18.8. The van der Waals surface area contributed by atoms with Gasteiger partial charge >= 0.3 is 18.0 Å². The molecule has 1 saturated carbocycles. The fourth-order valence-corrected chi connectivity index (χ4v) is 2.85. The molecule has 0 radical (unpaired) electrons. The third-order valence-electron chi connectivity index (χ3n) is 3.90. The summed E-state index contributed by atoms with van der Waals surface area (Å²) in [5, 5.41) is 2.77. The number of benzene rings is 1. The molecule has 7 nitrogen and oxygen atoms in total. The van der Waals surface area contributed by atoms with E-state index in [1.54, 1.807) is 0 Å². The van der Waals surface area contributed by atoms with Gasteiger partial charge in [-0.3, -0.25) is 9.59 Å². The van der Waals surface area contributed by atoms with E-state index in [4.69, 9.17) is 14.2 Å². The number of hydrogen-bond acceptors (Lipinski definition) is 6. The molecule has 7 heteroatoms. The van der Waals surface area contributed by atoms with Crippen LogP contribution in [0.25, 0.3) is 0 Å². The summed E-state index contributed by atoms with van der Waals surface area (Å²) in [5.74, 6) is -0.870. The van der Waals surface area contributed by atoms with E-state index in [9.17, 15) is 14.4 Å². The Morgan fingerprint density at radius 2 is 1.64 bits per heavy atom. The molecule has 1 aliphatic rings. The topological polar surface area (TPSA) is 90.9 Å². The van der Waals surface area contributed by atoms with Crippen molar-refractivity contribution < 1.29 is 28.6 Å². The lowest BCUT2D eigenvalue weighted by atomic mass is 9.90. The number of esters is 2. The molecule has 0 aliphatic heterocycles. The number of rotatable bonds is 5. The van der Waals surface area contributed by atoms with E-state index in [1.165, 1.54) is 13.8 Å². The zero-order valence-corrected chi connectivity index (χ0v) is 14.4. The molecule has 2 rings (SSSR count). The van der Waals surface area contributed by atoms with Gasteiger partial charge in [0.1, 0.15) is 18.8 Å². The Kier molecular flexibility index (Phi) is 6.80. The second-order valence-electron chi connectivity index (χ2n) is 6.01. The first-order valence-corrected chi connectivity index (χ1v) is 8.25. The van der Waals surface area contributed by atoms with E-state index in [0.29, 0.717) is 19.3 Å². The van der Waals surface area contributed by atoms with Crippen LogP contribution in [0, 0.1) is 0 Å². The Morgan fingerprint density at radius 3 is 2.28 bits per heavy atom. The lowest BCUT2D eigenvalue weighted by molar-refractivity contribution is -0.169. The van der Waals surface area contributed by atoms with Crippen LogP contribution in [0.1, 0.15) is 38.7 Å². The minimum absolute atomic E-state index is 0.183. The summed E-state index contributed by atoms with van der Waals surface area (Å²) in [6.07, 6.45) is -0.106. The number of hydrogen-bond donors (Lipinski definition) is 1. The van der Waals surface area contributed by atoms with Crippen LogP contribution in [0.4, 0.5) is 4.79 Å². The number of amides is 1. The number of carbonyl (C=O) groups excluding carboxylic acids is 3. The fourth-order valence-electron chi connectivity index (χ4n) is 2.85. The maximum absolute atomic E-state index is 11.9. The predicted octanol–water partition coefficient (Wildman–Crippen LogP) is 2.33. The molecule has 1 N–H and O–H groups in total. The predicted molar refractivity (Wildman–Crippen MR) is 88.5 cm³/mol. The minimum atomic E-state index is -0.574. The molecule has 0 bridgehead atoms. The van der Waals surface area contributed by atoms with Gasteiger partial charge in [-0.25, -0.2) is 4.79 Å². The van der Waals surface area contributed by atoms with Gasteiger partial charge in [-0.15, -0.1) is 0 Å². The Balaban J connectivity index is 1.84. The summed E-state index contributed by atoms with van der Waals surface area (Å²) < 4.78 is 15.6. The van der Waals surface area contributed by atoms with Crippen LogP contribution in [-0.4, -0.2) is 36.3 Å². The van der Waals surface area contributed by atoms with Crippen molar-refractivity contribution in [1.29, 1.82) is 0 Å². The molecular weight excluding hydrogens is 326 g/mol. The summed E-state index contributed by atoms with van der Waals surface area (Å²) in [4.78, 5) is 34.4. The third-order valence-corrected chi connectivity index (χ3v) is 3.90. The maximum atomic E-state index is 11.9. The van der Waals surface area contributed by atoms with Crippen LogP contribution in [0.2, 0.25) is 0 Å². The van der Waals surface area contributed by atoms with E-state index in [0.717, 1.165) is 5.56 Å². The Morgan fingerprint density at radius 1 is 1.00 bits per heavy atom. The summed E-state index contributed by atoms with van der Waals surface area (Å²) in [6, 6.07) is 9.16. The number of nitrogens with one attached hydrogen (secondary N) is 1. The molecule has 3 atom stereocenters. The van der Waals surface area contributed by atoms with Crippen LogP contribution >= 0.6 is 0 Å². The highest BCUT2D eigenvalue weighted by molar-refractivity contribution is 5.68. The van der Waals surface area contributed by atoms with Crippen molar-refractivity contribution in [1.82, 2.24) is 5.32 Å². The largest absolute Gasteiger partial charge is 0.459 e. The van der Waals surface area contributed by atoms with Gasteiger partial charge in [-0.1, -0.05) is 30.3 Å². The summed E-state index contributed by atoms with van der Waals surface area (Å²) >= 11 is 0. The highest BCUT2D eigenvalue weighted by atomic mass is 16.6. The highest BCUT2D eigenvalue weighted by Crippen LogP contribution is 2.25. The van der Waals surface area contributed by atoms with E-state index in [1.807, 2.05) is 30.3 Å². The minimum Gasteiger partial charge on any atom is -0.459 e. The molecule has 0 aromatic heterocycles. The zero-order chi connectivity index (χ0) is 18.2. The Hall–Kier alpha value is -2.57. The fraction of sp³-hybridized carbons (Fsp3) is 0.500. The second kappa shape index (κ2) is 9.05. The monoisotopic (exact) mass is 349 g/mol. The van der Waals surface area contributed by atoms with Crippen LogP contribution in [0.5, 0.6) is 0 Å². The Labute approximate surface area is 146 Å². The van der Waals surface area contributed by atoms with Crippen molar-refractivity contribution >= 4 is 18.0 Å². The standard InChI is InChI=1S/C18H23NO6/c1-12(20)24-16-9-8-15(10-17(16)25-13(2)21)19-18(22)23-11-14-6-4-3-5-7-14/h3-7,15-17H,8-11H2,1-2H3,(H,19,22). The Bertz CT molecular complexity index is 603. The number of carbonyl (C=O) groups is 3. The molecule has 1 aromatic carbocycles. The zero-order valence-electron chi connectivity index (χ0n) is 14.4. The molecule has 0 spiro atoms. The molecule has 25 heavy (non-hydrogen) atoms. The highest BCUT2D eigenvalue weighted by Gasteiger charge is 2.35. The lowest BCUT2D eigenvalue weighted by Crippen LogP contribution is -2.47. The molecular formula is C18H23NO6. The van der Waals surface area contributed by atoms with Gasteiger partial charge in [0, 0.05) is 26.3 Å². The van der Waals surface area contributed by atoms with Crippen molar-refractivity contribution in [2.24, 2.45) is 0 Å². The summed E-state index contributed by atoms with van der Waals surface area (Å²) in [5.41, 5.74) is 0.897. The van der Waals surface area contributed by atoms with Gasteiger partial charge in [0.15, 0.2) is 0 Å². The molecule has 3 unspecified atom stereocenters. The van der Waals surface area contributed by atoms with Crippen molar-refractivity contribution in [3.05, 3.63) is 35.9 Å². The molecule has 1 amide bonds. The van der Waals surface area contributed by atoms with Gasteiger partial charge in [-0.2, -0.15) is 0 Å². The van der Waals surface area contributed by atoms with Crippen LogP contribution < -0.4 is 5.32 Å². The van der Waals surface area contributed by atoms with Crippen LogP contribution in [-0.2, 0) is 30.4 Å². The molecule has 1 aromatic rings. The van der Waals surface area contributed by atoms with Crippen LogP contribution in [0.3, 0.4) is 0 Å². The SMILES string of the molecule is CC(=O)OC1CCC(NC(=O)OCc2ccccc2)CC1OC(C)=O. The molecule has 1 aliphatic carbocycles. The first-order valence-electron chi connectivity index (χ1n) is 8.25. The van der Waals surface area contributed by atoms with Crippen LogP contribution in [0.15, 0.2) is 30.3 Å². The number of alkyl carbamates (subject to hydrolysis) is 1. The van der Waals surface area contributed by atoms with E-state index < -0.39 is 30.2 Å². The molecule has 0 heterocycles. The average Bonchev–Trinajstić information content (AvgIpc) is 2.55. The third kappa shape index (κ3) is 6.45. The van der Waals surface area contributed by atoms with Crippen molar-refractivity contribution in [3.63, 3.8) is 0 Å². The van der Waals surface area contributed by atoms with Gasteiger partial charge in [-0.05, 0) is 18.4 Å². The molecule has 1 fully saturated rings. The number of ether oxygens (including phenoxy) is 3. The van der Waals surface area contributed by atoms with Gasteiger partial charge in [0.05, 0.1) is 0 Å². The van der Waals surface area contributed by atoms with Gasteiger partial charge < -0.3 is 19.5 Å². The van der Waals surface area contributed by atoms with Crippen molar-refractivity contribution in [3.8, 4) is 0 Å². The summed E-state index contributed by atoms with van der Waals surface area (Å²) in [6.45, 7) is 2.80. The second-order valence-corrected chi connectivity index (χ2v) is 6.01. The van der Waals surface area contributed by atoms with E-state index in [-0.39, 0.29) is 12.6 Å². The van der Waals surface area contributed by atoms with E-state index in [2.05, 4.69) is 5.32 Å². The molecule has 0 saturated heterocycles. The van der Waals surface area contributed by atoms with Crippen molar-refractivity contribution in [2.75, 3.05) is 0 Å². The molecule has 136 valence electrons.